The Balaban J connectivity index is 0.00000162. The second-order valence-electron chi connectivity index (χ2n) is 4.59. The predicted octanol–water partition coefficient (Wildman–Crippen LogP) is 3.33. The van der Waals surface area contributed by atoms with Gasteiger partial charge in [0, 0.05) is 9.77 Å². The van der Waals surface area contributed by atoms with Crippen LogP contribution in [0.25, 0.3) is 0 Å². The third-order valence-electron chi connectivity index (χ3n) is 2.85. The smallest absolute Gasteiger partial charge is 0.322 e. The molecule has 0 aromatic heterocycles. The van der Waals surface area contributed by atoms with E-state index in [1.165, 1.54) is 0 Å². The fourth-order valence-electron chi connectivity index (χ4n) is 1.93. The highest BCUT2D eigenvalue weighted by atomic mass is 35.5. The molecule has 1 fully saturated rings. The topological polar surface area (TPSA) is 49.3 Å². The molecule has 1 aromatic rings. The van der Waals surface area contributed by atoms with Crippen molar-refractivity contribution in [2.24, 2.45) is 0 Å². The zero-order valence-electron chi connectivity index (χ0n) is 10.0. The van der Waals surface area contributed by atoms with Crippen LogP contribution in [0.15, 0.2) is 24.3 Å². The fraction of sp³-hybridized carbons (Fsp3) is 0.417. The summed E-state index contributed by atoms with van der Waals surface area (Å²) in [6.07, 6.45) is 0. The summed E-state index contributed by atoms with van der Waals surface area (Å²) < 4.78 is -0.323. The summed E-state index contributed by atoms with van der Waals surface area (Å²) in [5.41, 5.74) is 1.05. The quantitative estimate of drug-likeness (QED) is 0.880. The Hall–Kier alpha value is -0.420. The molecule has 3 nitrogen and oxygen atoms in total. The number of nitrogens with one attached hydrogen (secondary N) is 1. The molecule has 18 heavy (non-hydrogen) atoms. The molecule has 0 saturated carbocycles. The van der Waals surface area contributed by atoms with Crippen LogP contribution in [0.4, 0.5) is 0 Å². The Labute approximate surface area is 122 Å². The number of hydrogen-bond donors (Lipinski definition) is 2. The van der Waals surface area contributed by atoms with Crippen molar-refractivity contribution in [1.29, 1.82) is 0 Å². The van der Waals surface area contributed by atoms with Crippen molar-refractivity contribution in [1.82, 2.24) is 5.32 Å². The van der Waals surface area contributed by atoms with Crippen LogP contribution in [-0.2, 0) is 4.79 Å². The van der Waals surface area contributed by atoms with E-state index in [2.05, 4.69) is 5.32 Å². The lowest BCUT2D eigenvalue weighted by atomic mass is 10.0. The van der Waals surface area contributed by atoms with Crippen LogP contribution in [0, 0.1) is 0 Å². The second-order valence-corrected chi connectivity index (χ2v) is 6.79. The van der Waals surface area contributed by atoms with E-state index in [1.54, 1.807) is 11.8 Å². The number of halogens is 2. The van der Waals surface area contributed by atoms with Gasteiger partial charge in [0.25, 0.3) is 0 Å². The van der Waals surface area contributed by atoms with E-state index in [0.29, 0.717) is 5.02 Å². The van der Waals surface area contributed by atoms with Crippen LogP contribution >= 0.6 is 35.8 Å². The summed E-state index contributed by atoms with van der Waals surface area (Å²) in [6.45, 7) is 3.89. The summed E-state index contributed by atoms with van der Waals surface area (Å²) >= 11 is 7.46. The zero-order chi connectivity index (χ0) is 12.6. The van der Waals surface area contributed by atoms with Gasteiger partial charge in [-0.1, -0.05) is 23.7 Å². The molecule has 1 aromatic carbocycles. The number of carboxylic acids is 1. The number of carbonyl (C=O) groups is 1. The maximum atomic E-state index is 11.2. The first-order valence-corrected chi connectivity index (χ1v) is 6.58. The Kier molecular flexibility index (Phi) is 4.95. The first-order chi connectivity index (χ1) is 7.90. The van der Waals surface area contributed by atoms with E-state index in [4.69, 9.17) is 16.7 Å². The predicted molar refractivity (Wildman–Crippen MR) is 77.7 cm³/mol. The molecular formula is C12H15Cl2NO2S. The Bertz CT molecular complexity index is 436. The minimum atomic E-state index is -0.807. The molecule has 0 spiro atoms. The monoisotopic (exact) mass is 307 g/mol. The van der Waals surface area contributed by atoms with E-state index in [9.17, 15) is 4.79 Å². The van der Waals surface area contributed by atoms with Gasteiger partial charge in [-0.2, -0.15) is 0 Å². The van der Waals surface area contributed by atoms with Crippen LogP contribution < -0.4 is 5.32 Å². The van der Waals surface area contributed by atoms with Crippen molar-refractivity contribution < 1.29 is 9.90 Å². The molecule has 1 saturated heterocycles. The largest absolute Gasteiger partial charge is 0.480 e. The van der Waals surface area contributed by atoms with Gasteiger partial charge in [0.1, 0.15) is 6.04 Å². The Morgan fingerprint density at radius 3 is 2.39 bits per heavy atom. The molecule has 100 valence electrons. The molecule has 2 N–H and O–H groups in total. The normalized spacial score (nSPS) is 25.5. The third kappa shape index (κ3) is 3.12. The molecule has 6 heteroatoms. The molecule has 1 aliphatic rings. The van der Waals surface area contributed by atoms with Crippen LogP contribution in [0.3, 0.4) is 0 Å². The van der Waals surface area contributed by atoms with Crippen molar-refractivity contribution in [3.8, 4) is 0 Å². The van der Waals surface area contributed by atoms with Crippen LogP contribution in [-0.4, -0.2) is 21.9 Å². The highest BCUT2D eigenvalue weighted by molar-refractivity contribution is 8.01. The number of benzene rings is 1. The van der Waals surface area contributed by atoms with E-state index in [-0.39, 0.29) is 22.5 Å². The van der Waals surface area contributed by atoms with Crippen molar-refractivity contribution >= 4 is 41.7 Å². The first kappa shape index (κ1) is 15.6. The van der Waals surface area contributed by atoms with Gasteiger partial charge in [-0.15, -0.1) is 24.2 Å². The van der Waals surface area contributed by atoms with Crippen molar-refractivity contribution in [2.75, 3.05) is 0 Å². The zero-order valence-corrected chi connectivity index (χ0v) is 12.4. The van der Waals surface area contributed by atoms with Gasteiger partial charge in [0.2, 0.25) is 0 Å². The summed E-state index contributed by atoms with van der Waals surface area (Å²) in [7, 11) is 0. The van der Waals surface area contributed by atoms with Crippen LogP contribution in [0.5, 0.6) is 0 Å². The molecule has 1 aliphatic heterocycles. The van der Waals surface area contributed by atoms with E-state index >= 15 is 0 Å². The van der Waals surface area contributed by atoms with Crippen molar-refractivity contribution in [2.45, 2.75) is 30.0 Å². The SMILES string of the molecule is CC1(C)SC(c2ccc(Cl)cc2)NC1C(=O)O.Cl. The molecule has 1 heterocycles. The molecular weight excluding hydrogens is 293 g/mol. The van der Waals surface area contributed by atoms with Gasteiger partial charge in [-0.3, -0.25) is 10.1 Å². The molecule has 0 radical (unpaired) electrons. The average Bonchev–Trinajstić information content (AvgIpc) is 2.55. The lowest BCUT2D eigenvalue weighted by Crippen LogP contribution is -2.43. The summed E-state index contributed by atoms with van der Waals surface area (Å²) in [6, 6.07) is 6.95. The molecule has 0 aliphatic carbocycles. The number of carboxylic acid groups (broad SMARTS) is 1. The third-order valence-corrected chi connectivity index (χ3v) is 4.59. The second kappa shape index (κ2) is 5.70. The highest BCUT2D eigenvalue weighted by Gasteiger charge is 2.45. The minimum Gasteiger partial charge on any atom is -0.480 e. The average molecular weight is 308 g/mol. The molecule has 0 amide bonds. The van der Waals surface area contributed by atoms with Gasteiger partial charge in [-0.25, -0.2) is 0 Å². The van der Waals surface area contributed by atoms with E-state index in [0.717, 1.165) is 5.56 Å². The number of hydrogen-bond acceptors (Lipinski definition) is 3. The number of thioether (sulfide) groups is 1. The number of rotatable bonds is 2. The molecule has 2 rings (SSSR count). The van der Waals surface area contributed by atoms with E-state index < -0.39 is 12.0 Å². The van der Waals surface area contributed by atoms with E-state index in [1.807, 2.05) is 38.1 Å². The van der Waals surface area contributed by atoms with Crippen LogP contribution in [0.2, 0.25) is 5.02 Å². The van der Waals surface area contributed by atoms with Crippen molar-refractivity contribution in [3.63, 3.8) is 0 Å². The van der Waals surface area contributed by atoms with Crippen LogP contribution in [0.1, 0.15) is 24.8 Å². The maximum Gasteiger partial charge on any atom is 0.322 e. The Morgan fingerprint density at radius 1 is 1.39 bits per heavy atom. The summed E-state index contributed by atoms with van der Waals surface area (Å²) in [5, 5.41) is 13.0. The first-order valence-electron chi connectivity index (χ1n) is 5.32. The lowest BCUT2D eigenvalue weighted by molar-refractivity contribution is -0.139. The van der Waals surface area contributed by atoms with Gasteiger partial charge in [0.05, 0.1) is 5.37 Å². The van der Waals surface area contributed by atoms with Gasteiger partial charge in [-0.05, 0) is 31.5 Å². The maximum absolute atomic E-state index is 11.2. The summed E-state index contributed by atoms with van der Waals surface area (Å²) in [4.78, 5) is 11.2. The summed E-state index contributed by atoms with van der Waals surface area (Å²) in [5.74, 6) is -0.807. The minimum absolute atomic E-state index is 0. The standard InChI is InChI=1S/C12H14ClNO2S.ClH/c1-12(2)9(11(15)16)14-10(17-12)7-3-5-8(13)6-4-7;/h3-6,9-10,14H,1-2H3,(H,15,16);1H. The van der Waals surface area contributed by atoms with Gasteiger partial charge in [0.15, 0.2) is 0 Å². The van der Waals surface area contributed by atoms with Gasteiger partial charge < -0.3 is 5.11 Å². The van der Waals surface area contributed by atoms with Crippen molar-refractivity contribution in [3.05, 3.63) is 34.9 Å². The molecule has 2 atom stereocenters. The molecule has 2 unspecified atom stereocenters. The highest BCUT2D eigenvalue weighted by Crippen LogP contribution is 2.45. The number of aliphatic carboxylic acids is 1. The molecule has 0 bridgehead atoms. The lowest BCUT2D eigenvalue weighted by Gasteiger charge is -2.20. The van der Waals surface area contributed by atoms with Gasteiger partial charge >= 0.3 is 5.97 Å². The Morgan fingerprint density at radius 2 is 1.94 bits per heavy atom. The fourth-order valence-corrected chi connectivity index (χ4v) is 3.46.